The zero-order chi connectivity index (χ0) is 30.9. The number of hydrogen-bond donors (Lipinski definition) is 3. The summed E-state index contributed by atoms with van der Waals surface area (Å²) in [6.07, 6.45) is 2.04. The minimum absolute atomic E-state index is 0.0169. The number of aliphatic hydroxyl groups excluding tert-OH is 1. The van der Waals surface area contributed by atoms with Crippen molar-refractivity contribution in [2.45, 2.75) is 31.0 Å². The first-order valence-corrected chi connectivity index (χ1v) is 15.1. The summed E-state index contributed by atoms with van der Waals surface area (Å²) in [5.41, 5.74) is 0.670. The summed E-state index contributed by atoms with van der Waals surface area (Å²) >= 11 is 0. The lowest BCUT2D eigenvalue weighted by molar-refractivity contribution is 0.0373. The fraction of sp³-hybridized carbons (Fsp3) is 0.393. The minimum Gasteiger partial charge on any atom is -0.485 e. The molecule has 0 unspecified atom stereocenters. The van der Waals surface area contributed by atoms with E-state index in [2.05, 4.69) is 15.0 Å². The molecule has 0 fully saturated rings. The van der Waals surface area contributed by atoms with Gasteiger partial charge in [-0.3, -0.25) is 9.52 Å². The zero-order valence-corrected chi connectivity index (χ0v) is 25.0. The molecule has 3 N–H and O–H groups in total. The number of fused-ring (bicyclic) bond motifs is 2. The van der Waals surface area contributed by atoms with Gasteiger partial charge in [0.1, 0.15) is 6.10 Å². The smallest absolute Gasteiger partial charge is 0.321 e. The Balaban J connectivity index is 1.44. The molecular weight excluding hydrogens is 580 g/mol. The summed E-state index contributed by atoms with van der Waals surface area (Å²) in [4.78, 5) is 33.8. The molecular formula is C28H34N6O8S. The highest BCUT2D eigenvalue weighted by molar-refractivity contribution is 7.92. The van der Waals surface area contributed by atoms with Crippen molar-refractivity contribution >= 4 is 33.3 Å². The number of aliphatic hydroxyl groups is 1. The minimum atomic E-state index is -4.13. The number of anilines is 2. The van der Waals surface area contributed by atoms with Gasteiger partial charge in [0.2, 0.25) is 6.79 Å². The van der Waals surface area contributed by atoms with Crippen LogP contribution in [0.3, 0.4) is 0 Å². The number of rotatable bonds is 8. The van der Waals surface area contributed by atoms with Crippen LogP contribution in [0.5, 0.6) is 17.2 Å². The van der Waals surface area contributed by atoms with Gasteiger partial charge >= 0.3 is 6.03 Å². The molecule has 3 atom stereocenters. The third kappa shape index (κ3) is 6.32. The molecule has 230 valence electrons. The molecule has 0 spiro atoms. The van der Waals surface area contributed by atoms with E-state index in [1.165, 1.54) is 39.0 Å². The highest BCUT2D eigenvalue weighted by Gasteiger charge is 2.35. The molecule has 5 rings (SSSR count). The fourth-order valence-corrected chi connectivity index (χ4v) is 5.86. The number of aromatic nitrogens is 2. The number of nitrogens with one attached hydrogen (secondary N) is 2. The van der Waals surface area contributed by atoms with Gasteiger partial charge in [-0.05, 0) is 31.2 Å². The van der Waals surface area contributed by atoms with E-state index in [-0.39, 0.29) is 54.4 Å². The highest BCUT2D eigenvalue weighted by atomic mass is 32.2. The molecule has 0 saturated carbocycles. The summed E-state index contributed by atoms with van der Waals surface area (Å²) in [6, 6.07) is 8.70. The van der Waals surface area contributed by atoms with Crippen molar-refractivity contribution in [2.24, 2.45) is 13.0 Å². The Morgan fingerprint density at radius 3 is 2.72 bits per heavy atom. The van der Waals surface area contributed by atoms with Crippen molar-refractivity contribution < 1.29 is 37.3 Å². The van der Waals surface area contributed by atoms with Gasteiger partial charge in [-0.1, -0.05) is 13.0 Å². The fourth-order valence-electron chi connectivity index (χ4n) is 4.81. The lowest BCUT2D eigenvalue weighted by Gasteiger charge is -2.38. The van der Waals surface area contributed by atoms with Crippen molar-refractivity contribution in [3.8, 4) is 17.2 Å². The Morgan fingerprint density at radius 2 is 2.00 bits per heavy atom. The van der Waals surface area contributed by atoms with Crippen LogP contribution in [0.25, 0.3) is 0 Å². The number of ether oxygens (including phenoxy) is 3. The molecule has 15 heteroatoms. The summed E-state index contributed by atoms with van der Waals surface area (Å²) < 4.78 is 47.5. The number of carbonyl (C=O) groups is 2. The third-order valence-corrected chi connectivity index (χ3v) is 8.57. The molecule has 2 aromatic carbocycles. The monoisotopic (exact) mass is 614 g/mol. The molecule has 43 heavy (non-hydrogen) atoms. The van der Waals surface area contributed by atoms with Gasteiger partial charge in [0, 0.05) is 44.5 Å². The molecule has 0 radical (unpaired) electrons. The Morgan fingerprint density at radius 1 is 1.23 bits per heavy atom. The number of benzene rings is 2. The van der Waals surface area contributed by atoms with Gasteiger partial charge in [0.15, 0.2) is 22.3 Å². The average molecular weight is 615 g/mol. The molecule has 0 bridgehead atoms. The van der Waals surface area contributed by atoms with Crippen LogP contribution in [0, 0.1) is 5.92 Å². The van der Waals surface area contributed by atoms with Crippen LogP contribution < -0.4 is 24.2 Å². The van der Waals surface area contributed by atoms with Crippen molar-refractivity contribution in [3.63, 3.8) is 0 Å². The van der Waals surface area contributed by atoms with Crippen LogP contribution in [-0.2, 0) is 17.1 Å². The van der Waals surface area contributed by atoms with Gasteiger partial charge in [-0.2, -0.15) is 8.42 Å². The van der Waals surface area contributed by atoms with Crippen LogP contribution in [-0.4, -0.2) is 90.5 Å². The molecule has 0 aliphatic carbocycles. The average Bonchev–Trinajstić information content (AvgIpc) is 3.63. The topological polar surface area (TPSA) is 165 Å². The number of amides is 3. The molecule has 1 aromatic heterocycles. The molecule has 2 aliphatic heterocycles. The van der Waals surface area contributed by atoms with Crippen LogP contribution in [0.15, 0.2) is 53.9 Å². The van der Waals surface area contributed by atoms with Crippen molar-refractivity contribution in [1.82, 2.24) is 19.4 Å². The summed E-state index contributed by atoms with van der Waals surface area (Å²) in [6.45, 7) is 3.74. The predicted octanol–water partition coefficient (Wildman–Crippen LogP) is 2.33. The lowest BCUT2D eigenvalue weighted by Crippen LogP contribution is -2.50. The van der Waals surface area contributed by atoms with Crippen molar-refractivity contribution in [2.75, 3.05) is 43.6 Å². The van der Waals surface area contributed by atoms with E-state index in [0.29, 0.717) is 17.2 Å². The van der Waals surface area contributed by atoms with E-state index in [4.69, 9.17) is 14.2 Å². The number of likely N-dealkylation sites (N-methyl/N-ethyl adjacent to an activating group) is 1. The molecule has 2 aliphatic rings. The van der Waals surface area contributed by atoms with Gasteiger partial charge in [-0.25, -0.2) is 9.78 Å². The molecule has 3 amide bonds. The Labute approximate surface area is 249 Å². The number of aryl methyl sites for hydroxylation is 1. The molecule has 3 aromatic rings. The maximum absolute atomic E-state index is 13.7. The normalized spacial score (nSPS) is 18.6. The summed E-state index contributed by atoms with van der Waals surface area (Å²) in [5.74, 6) is 0.384. The van der Waals surface area contributed by atoms with Gasteiger partial charge in [0.05, 0.1) is 36.8 Å². The second-order valence-electron chi connectivity index (χ2n) is 10.7. The predicted molar refractivity (Wildman–Crippen MR) is 156 cm³/mol. The summed E-state index contributed by atoms with van der Waals surface area (Å²) in [7, 11) is -0.875. The number of urea groups is 1. The SMILES string of the molecule is C[C@@H]1CN([C@@H](C)CO)C(=O)c2cccc(NS(=O)(=O)c3cn(C)cn3)c2O[C@@H]1CN(C)C(=O)Nc1ccc2c(c1)OCO2. The second kappa shape index (κ2) is 12.0. The molecule has 0 saturated heterocycles. The van der Waals surface area contributed by atoms with Crippen LogP contribution in [0.2, 0.25) is 0 Å². The Bertz CT molecular complexity index is 1630. The zero-order valence-electron chi connectivity index (χ0n) is 24.2. The number of imidazole rings is 1. The maximum atomic E-state index is 13.7. The number of nitrogens with zero attached hydrogens (tertiary/aromatic N) is 4. The largest absolute Gasteiger partial charge is 0.485 e. The first-order valence-electron chi connectivity index (χ1n) is 13.6. The maximum Gasteiger partial charge on any atom is 0.321 e. The number of carbonyl (C=O) groups excluding carboxylic acids is 2. The molecule has 14 nitrogen and oxygen atoms in total. The Kier molecular flexibility index (Phi) is 8.37. The van der Waals surface area contributed by atoms with Crippen molar-refractivity contribution in [3.05, 3.63) is 54.5 Å². The van der Waals surface area contributed by atoms with Gasteiger partial charge in [-0.15, -0.1) is 0 Å². The van der Waals surface area contributed by atoms with Gasteiger partial charge < -0.3 is 39.0 Å². The van der Waals surface area contributed by atoms with Crippen LogP contribution >= 0.6 is 0 Å². The van der Waals surface area contributed by atoms with Gasteiger partial charge in [0.25, 0.3) is 15.9 Å². The quantitative estimate of drug-likeness (QED) is 0.345. The Hall–Kier alpha value is -4.50. The van der Waals surface area contributed by atoms with Crippen LogP contribution in [0.1, 0.15) is 24.2 Å². The number of hydrogen-bond acceptors (Lipinski definition) is 9. The molecule has 3 heterocycles. The second-order valence-corrected chi connectivity index (χ2v) is 12.3. The van der Waals surface area contributed by atoms with E-state index in [1.807, 2.05) is 6.92 Å². The first-order chi connectivity index (χ1) is 20.5. The van der Waals surface area contributed by atoms with E-state index >= 15 is 0 Å². The van der Waals surface area contributed by atoms with E-state index in [9.17, 15) is 23.1 Å². The highest BCUT2D eigenvalue weighted by Crippen LogP contribution is 2.37. The summed E-state index contributed by atoms with van der Waals surface area (Å²) in [5, 5.41) is 12.5. The third-order valence-electron chi connectivity index (χ3n) is 7.32. The van der Waals surface area contributed by atoms with E-state index in [1.54, 1.807) is 45.3 Å². The number of para-hydroxylation sites is 1. The van der Waals surface area contributed by atoms with Crippen molar-refractivity contribution in [1.29, 1.82) is 0 Å². The standard InChI is InChI=1S/C28H34N6O8S/c1-17-11-34(18(2)14-35)27(36)20-6-5-7-21(31-43(38,39)25-13-32(3)15-29-25)26(20)42-24(17)12-33(4)28(37)30-19-8-9-22-23(10-19)41-16-40-22/h5-10,13,15,17-18,24,31,35H,11-12,14,16H2,1-4H3,(H,30,37)/t17-,18+,24-/m1/s1. The first kappa shape index (κ1) is 30.0. The number of sulfonamides is 1. The van der Waals surface area contributed by atoms with Crippen LogP contribution in [0.4, 0.5) is 16.2 Å². The van der Waals surface area contributed by atoms with E-state index < -0.39 is 34.1 Å². The van der Waals surface area contributed by atoms with E-state index in [0.717, 1.165) is 0 Å². The lowest BCUT2D eigenvalue weighted by atomic mass is 9.99.